The van der Waals surface area contributed by atoms with Gasteiger partial charge in [0.15, 0.2) is 5.12 Å². The summed E-state index contributed by atoms with van der Waals surface area (Å²) < 4.78 is 36.7. The Morgan fingerprint density at radius 2 is 2.17 bits per heavy atom. The summed E-state index contributed by atoms with van der Waals surface area (Å²) in [6.07, 6.45) is 0.956. The van der Waals surface area contributed by atoms with Crippen LogP contribution in [0.4, 0.5) is 13.2 Å². The second-order valence-electron chi connectivity index (χ2n) is 3.51. The van der Waals surface area contributed by atoms with Gasteiger partial charge in [-0.2, -0.15) is 13.2 Å². The Bertz CT molecular complexity index is 426. The van der Waals surface area contributed by atoms with E-state index in [2.05, 4.69) is 4.98 Å². The van der Waals surface area contributed by atoms with Crippen molar-refractivity contribution in [2.24, 2.45) is 0 Å². The number of hydrogen-bond donors (Lipinski definition) is 0. The van der Waals surface area contributed by atoms with Gasteiger partial charge >= 0.3 is 6.18 Å². The number of aromatic nitrogens is 1. The van der Waals surface area contributed by atoms with Gasteiger partial charge in [-0.05, 0) is 18.1 Å². The van der Waals surface area contributed by atoms with Gasteiger partial charge in [-0.3, -0.25) is 9.78 Å². The Morgan fingerprint density at radius 1 is 1.44 bits per heavy atom. The average Bonchev–Trinajstić information content (AvgIpc) is 2.27. The monoisotopic (exact) mass is 275 g/mol. The molecule has 0 amide bonds. The van der Waals surface area contributed by atoms with Crippen molar-refractivity contribution in [1.82, 2.24) is 4.98 Å². The summed E-state index contributed by atoms with van der Waals surface area (Å²) in [5.41, 5.74) is -0.289. The normalized spacial score (nSPS) is 12.0. The van der Waals surface area contributed by atoms with E-state index in [4.69, 9.17) is 0 Å². The molecule has 0 aliphatic heterocycles. The molecule has 0 radical (unpaired) electrons. The van der Waals surface area contributed by atoms with Crippen LogP contribution in [0.5, 0.6) is 0 Å². The van der Waals surface area contributed by atoms with E-state index in [-0.39, 0.29) is 5.12 Å². The molecule has 0 fully saturated rings. The third kappa shape index (κ3) is 5.35. The van der Waals surface area contributed by atoms with E-state index >= 15 is 0 Å². The number of pyridine rings is 1. The first-order valence-electron chi connectivity index (χ1n) is 5.23. The lowest BCUT2D eigenvalue weighted by molar-refractivity contribution is -0.141. The smallest absolute Gasteiger partial charge is 0.288 e. The lowest BCUT2D eigenvalue weighted by Crippen LogP contribution is -2.07. The van der Waals surface area contributed by atoms with E-state index in [1.54, 1.807) is 12.2 Å². The SMILES string of the molecule is CC(=O)SCCC=Cc1ccc(C(F)(F)F)nc1. The summed E-state index contributed by atoms with van der Waals surface area (Å²) in [6, 6.07) is 2.31. The Hall–Kier alpha value is -1.30. The molecule has 0 spiro atoms. The van der Waals surface area contributed by atoms with Crippen molar-refractivity contribution in [3.63, 3.8) is 0 Å². The van der Waals surface area contributed by atoms with E-state index in [0.29, 0.717) is 17.7 Å². The second kappa shape index (κ2) is 6.58. The molecule has 98 valence electrons. The highest BCUT2D eigenvalue weighted by atomic mass is 32.2. The van der Waals surface area contributed by atoms with Gasteiger partial charge in [-0.15, -0.1) is 0 Å². The minimum absolute atomic E-state index is 0.0552. The van der Waals surface area contributed by atoms with Crippen LogP contribution in [0.2, 0.25) is 0 Å². The maximum absolute atomic E-state index is 12.2. The molecule has 0 N–H and O–H groups in total. The van der Waals surface area contributed by atoms with Crippen molar-refractivity contribution in [1.29, 1.82) is 0 Å². The minimum Gasteiger partial charge on any atom is -0.288 e. The molecule has 1 rings (SSSR count). The number of hydrogen-bond acceptors (Lipinski definition) is 3. The van der Waals surface area contributed by atoms with Gasteiger partial charge < -0.3 is 0 Å². The summed E-state index contributed by atoms with van der Waals surface area (Å²) in [7, 11) is 0. The van der Waals surface area contributed by atoms with Crippen LogP contribution in [0.1, 0.15) is 24.6 Å². The van der Waals surface area contributed by atoms with Crippen LogP contribution < -0.4 is 0 Å². The quantitative estimate of drug-likeness (QED) is 0.783. The Balaban J connectivity index is 2.49. The average molecular weight is 275 g/mol. The number of thioether (sulfide) groups is 1. The molecule has 0 saturated carbocycles. The molecular weight excluding hydrogens is 263 g/mol. The van der Waals surface area contributed by atoms with Gasteiger partial charge in [-0.25, -0.2) is 0 Å². The summed E-state index contributed by atoms with van der Waals surface area (Å²) in [4.78, 5) is 14.0. The summed E-state index contributed by atoms with van der Waals surface area (Å²) in [5.74, 6) is 0.667. The molecule has 0 aromatic carbocycles. The fourth-order valence-electron chi connectivity index (χ4n) is 1.16. The van der Waals surface area contributed by atoms with Crippen molar-refractivity contribution in [2.45, 2.75) is 19.5 Å². The van der Waals surface area contributed by atoms with E-state index < -0.39 is 11.9 Å². The molecule has 1 aromatic rings. The third-order valence-electron chi connectivity index (χ3n) is 1.98. The number of allylic oxidation sites excluding steroid dienone is 1. The number of alkyl halides is 3. The zero-order chi connectivity index (χ0) is 13.6. The number of carbonyl (C=O) groups is 1. The van der Waals surface area contributed by atoms with E-state index in [9.17, 15) is 18.0 Å². The lowest BCUT2D eigenvalue weighted by Gasteiger charge is -2.04. The predicted octanol–water partition coefficient (Wildman–Crippen LogP) is 3.78. The molecule has 2 nitrogen and oxygen atoms in total. The van der Waals surface area contributed by atoms with Crippen LogP contribution in [0, 0.1) is 0 Å². The summed E-state index contributed by atoms with van der Waals surface area (Å²) in [6.45, 7) is 1.49. The van der Waals surface area contributed by atoms with Gasteiger partial charge in [0.2, 0.25) is 0 Å². The molecule has 6 heteroatoms. The fraction of sp³-hybridized carbons (Fsp3) is 0.333. The predicted molar refractivity (Wildman–Crippen MR) is 66.0 cm³/mol. The molecule has 0 bridgehead atoms. The van der Waals surface area contributed by atoms with Gasteiger partial charge in [-0.1, -0.05) is 30.0 Å². The molecule has 0 unspecified atom stereocenters. The van der Waals surface area contributed by atoms with Crippen molar-refractivity contribution >= 4 is 23.0 Å². The molecule has 1 aromatic heterocycles. The largest absolute Gasteiger partial charge is 0.433 e. The van der Waals surface area contributed by atoms with E-state index in [1.807, 2.05) is 0 Å². The second-order valence-corrected chi connectivity index (χ2v) is 4.78. The summed E-state index contributed by atoms with van der Waals surface area (Å²) in [5, 5.41) is 0.0552. The van der Waals surface area contributed by atoms with Gasteiger partial charge in [0.25, 0.3) is 0 Å². The van der Waals surface area contributed by atoms with Crippen molar-refractivity contribution in [2.75, 3.05) is 5.75 Å². The zero-order valence-corrected chi connectivity index (χ0v) is 10.5. The molecule has 0 aliphatic rings. The number of halogens is 3. The van der Waals surface area contributed by atoms with Crippen LogP contribution in [0.3, 0.4) is 0 Å². The van der Waals surface area contributed by atoms with E-state index in [0.717, 1.165) is 6.07 Å². The van der Waals surface area contributed by atoms with Gasteiger partial charge in [0, 0.05) is 18.9 Å². The van der Waals surface area contributed by atoms with Crippen LogP contribution >= 0.6 is 11.8 Å². The van der Waals surface area contributed by atoms with Crippen molar-refractivity contribution in [3.05, 3.63) is 35.7 Å². The summed E-state index contributed by atoms with van der Waals surface area (Å²) >= 11 is 1.22. The van der Waals surface area contributed by atoms with Crippen molar-refractivity contribution < 1.29 is 18.0 Å². The maximum atomic E-state index is 12.2. The van der Waals surface area contributed by atoms with Crippen LogP contribution in [-0.4, -0.2) is 15.9 Å². The maximum Gasteiger partial charge on any atom is 0.433 e. The Morgan fingerprint density at radius 3 is 2.67 bits per heavy atom. The highest BCUT2D eigenvalue weighted by molar-refractivity contribution is 8.13. The lowest BCUT2D eigenvalue weighted by atomic mass is 10.2. The van der Waals surface area contributed by atoms with Crippen LogP contribution in [0.25, 0.3) is 6.08 Å². The topological polar surface area (TPSA) is 30.0 Å². The first-order valence-corrected chi connectivity index (χ1v) is 6.21. The number of carbonyl (C=O) groups excluding carboxylic acids is 1. The third-order valence-corrected chi connectivity index (χ3v) is 2.82. The zero-order valence-electron chi connectivity index (χ0n) is 9.70. The fourth-order valence-corrected chi connectivity index (χ4v) is 1.70. The Kier molecular flexibility index (Phi) is 5.40. The number of rotatable bonds is 4. The van der Waals surface area contributed by atoms with Crippen molar-refractivity contribution in [3.8, 4) is 0 Å². The number of nitrogens with zero attached hydrogens (tertiary/aromatic N) is 1. The highest BCUT2D eigenvalue weighted by Crippen LogP contribution is 2.27. The standard InChI is InChI=1S/C12H12F3NOS/c1-9(17)18-7-3-2-4-10-5-6-11(16-8-10)12(13,14)15/h2,4-6,8H,3,7H2,1H3. The first-order chi connectivity index (χ1) is 8.39. The first kappa shape index (κ1) is 14.8. The molecule has 0 atom stereocenters. The van der Waals surface area contributed by atoms with E-state index in [1.165, 1.54) is 30.9 Å². The molecular formula is C12H12F3NOS. The molecule has 0 saturated heterocycles. The molecule has 18 heavy (non-hydrogen) atoms. The van der Waals surface area contributed by atoms with Gasteiger partial charge in [0.05, 0.1) is 0 Å². The molecule has 0 aliphatic carbocycles. The molecule has 1 heterocycles. The minimum atomic E-state index is -4.40. The van der Waals surface area contributed by atoms with Gasteiger partial charge in [0.1, 0.15) is 5.69 Å². The highest BCUT2D eigenvalue weighted by Gasteiger charge is 2.31. The van der Waals surface area contributed by atoms with Crippen LogP contribution in [0.15, 0.2) is 24.4 Å². The van der Waals surface area contributed by atoms with Crippen LogP contribution in [-0.2, 0) is 11.0 Å². The Labute approximate surface area is 107 Å².